The van der Waals surface area contributed by atoms with Crippen molar-refractivity contribution < 1.29 is 27.7 Å². The highest BCUT2D eigenvalue weighted by Crippen LogP contribution is 2.40. The molecule has 1 aromatic rings. The number of hydrogen-bond acceptors (Lipinski definition) is 10. The topological polar surface area (TPSA) is 182 Å². The summed E-state index contributed by atoms with van der Waals surface area (Å²) in [6.45, 7) is 0. The number of hydrogen-bond donors (Lipinski definition) is 3. The number of nitrogens with zero attached hydrogens (tertiary/aromatic N) is 5. The van der Waals surface area contributed by atoms with Crippen LogP contribution in [0, 0.1) is 0 Å². The van der Waals surface area contributed by atoms with Gasteiger partial charge in [0.1, 0.15) is 17.1 Å². The Kier molecular flexibility index (Phi) is 4.76. The zero-order valence-electron chi connectivity index (χ0n) is 12.3. The molecule has 0 spiro atoms. The molecule has 1 amide bonds. The molecule has 1 fully saturated rings. The summed E-state index contributed by atoms with van der Waals surface area (Å²) in [6, 6.07) is -0.712. The summed E-state index contributed by atoms with van der Waals surface area (Å²) in [4.78, 5) is 24.6. The Hall–Kier alpha value is -1.68. The Morgan fingerprint density at radius 1 is 1.48 bits per heavy atom. The number of carbonyl (C=O) groups is 2. The molecule has 0 bridgehead atoms. The van der Waals surface area contributed by atoms with Crippen LogP contribution >= 0.6 is 23.5 Å². The van der Waals surface area contributed by atoms with Gasteiger partial charge in [-0.1, -0.05) is 11.8 Å². The van der Waals surface area contributed by atoms with Crippen molar-refractivity contribution in [3.63, 3.8) is 0 Å². The Morgan fingerprint density at radius 3 is 2.84 bits per heavy atom. The minimum atomic E-state index is -4.33. The van der Waals surface area contributed by atoms with Gasteiger partial charge in [0.2, 0.25) is 11.1 Å². The van der Waals surface area contributed by atoms with Gasteiger partial charge in [-0.15, -0.1) is 16.9 Å². The van der Waals surface area contributed by atoms with Crippen molar-refractivity contribution in [2.24, 2.45) is 5.73 Å². The van der Waals surface area contributed by atoms with Gasteiger partial charge in [-0.25, -0.2) is 9.48 Å². The highest BCUT2D eigenvalue weighted by Gasteiger charge is 2.51. The van der Waals surface area contributed by atoms with Gasteiger partial charge in [0.15, 0.2) is 5.88 Å². The van der Waals surface area contributed by atoms with Crippen LogP contribution in [-0.2, 0) is 25.6 Å². The van der Waals surface area contributed by atoms with Gasteiger partial charge in [-0.2, -0.15) is 8.42 Å². The number of tetrazole rings is 1. The normalized spacial score (nSPS) is 23.4. The number of aliphatic carboxylic acids is 1. The summed E-state index contributed by atoms with van der Waals surface area (Å²) in [5.74, 6) is -2.02. The number of aromatic nitrogens is 4. The van der Waals surface area contributed by atoms with E-state index >= 15 is 0 Å². The maximum absolute atomic E-state index is 11.9. The van der Waals surface area contributed by atoms with E-state index in [2.05, 4.69) is 15.5 Å². The van der Waals surface area contributed by atoms with Crippen molar-refractivity contribution in [3.05, 3.63) is 11.3 Å². The first-order chi connectivity index (χ1) is 11.7. The summed E-state index contributed by atoms with van der Waals surface area (Å²) >= 11 is 2.36. The van der Waals surface area contributed by atoms with E-state index in [1.165, 1.54) is 11.8 Å². The molecule has 12 nitrogen and oxygen atoms in total. The SMILES string of the molecule is NC1C(=O)N2C(C(=O)O)=C(CSc3nnnn3CS(=O)(=O)O)CS[C@H]12. The van der Waals surface area contributed by atoms with Crippen LogP contribution in [0.4, 0.5) is 0 Å². The van der Waals surface area contributed by atoms with E-state index in [1.54, 1.807) is 0 Å². The third-order valence-electron chi connectivity index (χ3n) is 3.45. The number of β-lactam (4-membered cyclic amide) rings is 1. The third kappa shape index (κ3) is 3.50. The predicted molar refractivity (Wildman–Crippen MR) is 85.8 cm³/mol. The Balaban J connectivity index is 1.79. The van der Waals surface area contributed by atoms with E-state index in [4.69, 9.17) is 10.3 Å². The first-order valence-corrected chi connectivity index (χ1v) is 10.3. The lowest BCUT2D eigenvalue weighted by Gasteiger charge is -2.48. The van der Waals surface area contributed by atoms with Crippen molar-refractivity contribution in [2.45, 2.75) is 22.4 Å². The minimum absolute atomic E-state index is 0.0913. The molecule has 4 N–H and O–H groups in total. The molecule has 0 aromatic carbocycles. The molecule has 2 aliphatic rings. The van der Waals surface area contributed by atoms with Crippen LogP contribution in [0.5, 0.6) is 0 Å². The average Bonchev–Trinajstić information content (AvgIpc) is 2.96. The Morgan fingerprint density at radius 2 is 2.20 bits per heavy atom. The lowest BCUT2D eigenvalue weighted by molar-refractivity contribution is -0.147. The molecule has 1 aromatic heterocycles. The van der Waals surface area contributed by atoms with E-state index in [0.29, 0.717) is 11.3 Å². The monoisotopic (exact) mass is 408 g/mol. The molecule has 3 heterocycles. The second kappa shape index (κ2) is 6.56. The number of thioether (sulfide) groups is 2. The molecule has 2 aliphatic heterocycles. The van der Waals surface area contributed by atoms with E-state index in [1.807, 2.05) is 0 Å². The van der Waals surface area contributed by atoms with Gasteiger partial charge in [0.25, 0.3) is 10.1 Å². The predicted octanol–water partition coefficient (Wildman–Crippen LogP) is -1.81. The van der Waals surface area contributed by atoms with Crippen molar-refractivity contribution in [1.29, 1.82) is 0 Å². The van der Waals surface area contributed by atoms with Crippen molar-refractivity contribution in [3.8, 4) is 0 Å². The molecular weight excluding hydrogens is 396 g/mol. The molecule has 1 unspecified atom stereocenters. The van der Waals surface area contributed by atoms with Gasteiger partial charge >= 0.3 is 5.97 Å². The first-order valence-electron chi connectivity index (χ1n) is 6.68. The fourth-order valence-corrected chi connectivity index (χ4v) is 5.25. The Bertz CT molecular complexity index is 866. The zero-order chi connectivity index (χ0) is 18.4. The van der Waals surface area contributed by atoms with Crippen LogP contribution in [0.15, 0.2) is 16.4 Å². The molecular formula is C10H12N6O6S3. The fraction of sp³-hybridized carbons (Fsp3) is 0.500. The zero-order valence-corrected chi connectivity index (χ0v) is 14.8. The van der Waals surface area contributed by atoms with Crippen LogP contribution in [0.25, 0.3) is 0 Å². The standard InChI is InChI=1S/C10H12N6O6S3/c11-5-7(17)16-6(9(18)19)4(1-23-8(5)16)2-24-10-12-13-14-15(10)3-25(20,21)22/h5,8H,1-3,11H2,(H,18,19)(H,20,21,22)/t5?,8-/m1/s1. The second-order valence-electron chi connectivity index (χ2n) is 5.15. The molecule has 0 aliphatic carbocycles. The number of carboxylic acids is 1. The average molecular weight is 408 g/mol. The quantitative estimate of drug-likeness (QED) is 0.273. The van der Waals surface area contributed by atoms with Gasteiger partial charge in [0.05, 0.1) is 0 Å². The van der Waals surface area contributed by atoms with Gasteiger partial charge in [-0.05, 0) is 16.0 Å². The highest BCUT2D eigenvalue weighted by atomic mass is 32.2. The summed E-state index contributed by atoms with van der Waals surface area (Å²) < 4.78 is 31.6. The van der Waals surface area contributed by atoms with Crippen LogP contribution in [0.2, 0.25) is 0 Å². The number of carboxylic acid groups (broad SMARTS) is 1. The summed E-state index contributed by atoms with van der Waals surface area (Å²) in [6.07, 6.45) is 0. The number of carbonyl (C=O) groups excluding carboxylic acids is 1. The van der Waals surface area contributed by atoms with Crippen molar-refractivity contribution >= 4 is 45.5 Å². The summed E-state index contributed by atoms with van der Waals surface area (Å²) in [5, 5.41) is 19.6. The fourth-order valence-electron chi connectivity index (χ4n) is 2.38. The smallest absolute Gasteiger partial charge is 0.352 e. The van der Waals surface area contributed by atoms with Gasteiger partial charge in [0, 0.05) is 11.5 Å². The molecule has 3 rings (SSSR count). The van der Waals surface area contributed by atoms with Gasteiger partial charge in [-0.3, -0.25) is 14.2 Å². The van der Waals surface area contributed by atoms with E-state index in [0.717, 1.165) is 21.3 Å². The van der Waals surface area contributed by atoms with Crippen molar-refractivity contribution in [2.75, 3.05) is 11.5 Å². The van der Waals surface area contributed by atoms with E-state index in [9.17, 15) is 23.1 Å². The van der Waals surface area contributed by atoms with E-state index in [-0.39, 0.29) is 16.6 Å². The molecule has 0 radical (unpaired) electrons. The number of amides is 1. The molecule has 25 heavy (non-hydrogen) atoms. The van der Waals surface area contributed by atoms with E-state index < -0.39 is 39.3 Å². The second-order valence-corrected chi connectivity index (χ2v) is 8.62. The van der Waals surface area contributed by atoms with Crippen LogP contribution < -0.4 is 5.73 Å². The molecule has 136 valence electrons. The van der Waals surface area contributed by atoms with Crippen LogP contribution in [-0.4, -0.2) is 78.0 Å². The minimum Gasteiger partial charge on any atom is -0.477 e. The first kappa shape index (κ1) is 18.1. The number of rotatable bonds is 6. The lowest BCUT2D eigenvalue weighted by atomic mass is 10.0. The highest BCUT2D eigenvalue weighted by molar-refractivity contribution is 8.01. The number of fused-ring (bicyclic) bond motifs is 1. The largest absolute Gasteiger partial charge is 0.477 e. The number of nitrogens with two attached hydrogens (primary N) is 1. The molecule has 0 saturated carbocycles. The molecule has 2 atom stereocenters. The maximum Gasteiger partial charge on any atom is 0.352 e. The third-order valence-corrected chi connectivity index (χ3v) is 6.43. The summed E-state index contributed by atoms with van der Waals surface area (Å²) in [5.41, 5.74) is 6.03. The lowest BCUT2D eigenvalue weighted by Crippen LogP contribution is -2.68. The van der Waals surface area contributed by atoms with Crippen molar-refractivity contribution in [1.82, 2.24) is 25.1 Å². The Labute approximate surface area is 149 Å². The van der Waals surface area contributed by atoms with Crippen LogP contribution in [0.1, 0.15) is 0 Å². The maximum atomic E-state index is 11.9. The van der Waals surface area contributed by atoms with Gasteiger partial charge < -0.3 is 10.8 Å². The van der Waals surface area contributed by atoms with Crippen LogP contribution in [0.3, 0.4) is 0 Å². The molecule has 1 saturated heterocycles. The molecule has 15 heteroatoms. The summed E-state index contributed by atoms with van der Waals surface area (Å²) in [7, 11) is -4.33.